The number of benzene rings is 1. The monoisotopic (exact) mass is 512 g/mol. The summed E-state index contributed by atoms with van der Waals surface area (Å²) >= 11 is 0.867. The topological polar surface area (TPSA) is 147 Å². The fraction of sp³-hybridized carbons (Fsp3) is 0.500. The molecule has 1 heterocycles. The quantitative estimate of drug-likeness (QED) is 0.418. The number of carbonyl (C=O) groups excluding carboxylic acids is 1. The Kier molecular flexibility index (Phi) is 9.66. The van der Waals surface area contributed by atoms with Crippen molar-refractivity contribution >= 4 is 46.2 Å². The lowest BCUT2D eigenvalue weighted by atomic mass is 9.90. The van der Waals surface area contributed by atoms with Crippen LogP contribution in [0.25, 0.3) is 0 Å². The second-order valence-corrected chi connectivity index (χ2v) is 12.1. The van der Waals surface area contributed by atoms with Crippen LogP contribution in [0.4, 0.5) is 5.69 Å². The molecule has 0 saturated heterocycles. The van der Waals surface area contributed by atoms with Gasteiger partial charge in [-0.3, -0.25) is 4.79 Å². The fourth-order valence-electron chi connectivity index (χ4n) is 3.19. The Morgan fingerprint density at radius 2 is 1.79 bits per heavy atom. The molecule has 1 aromatic carbocycles. The highest BCUT2D eigenvalue weighted by Gasteiger charge is 2.29. The van der Waals surface area contributed by atoms with E-state index in [1.807, 2.05) is 27.7 Å². The summed E-state index contributed by atoms with van der Waals surface area (Å²) in [6, 6.07) is 5.60. The van der Waals surface area contributed by atoms with Crippen LogP contribution in [0.15, 0.2) is 16.3 Å². The summed E-state index contributed by atoms with van der Waals surface area (Å²) in [5.41, 5.74) is 1.34. The van der Waals surface area contributed by atoms with E-state index in [0.29, 0.717) is 11.3 Å². The Labute approximate surface area is 206 Å². The minimum atomic E-state index is -3.62. The molecule has 0 aliphatic carbocycles. The van der Waals surface area contributed by atoms with Gasteiger partial charge in [-0.1, -0.05) is 27.7 Å². The van der Waals surface area contributed by atoms with Crippen molar-refractivity contribution < 1.29 is 19.2 Å². The van der Waals surface area contributed by atoms with Gasteiger partial charge in [0, 0.05) is 5.69 Å². The van der Waals surface area contributed by atoms with Gasteiger partial charge in [0.2, 0.25) is 5.91 Å². The second-order valence-electron chi connectivity index (χ2n) is 8.79. The fourth-order valence-corrected chi connectivity index (χ4v) is 6.01. The Morgan fingerprint density at radius 1 is 1.27 bits per heavy atom. The second kappa shape index (κ2) is 11.0. The summed E-state index contributed by atoms with van der Waals surface area (Å²) in [5, 5.41) is 32.2. The molecule has 0 fully saturated rings. The molecule has 4 N–H and O–H groups in total. The molecule has 0 aliphatic heterocycles. The van der Waals surface area contributed by atoms with E-state index in [2.05, 4.69) is 16.4 Å². The van der Waals surface area contributed by atoms with Crippen LogP contribution in [0, 0.1) is 16.1 Å². The van der Waals surface area contributed by atoms with Gasteiger partial charge < -0.3 is 15.5 Å². The Morgan fingerprint density at radius 3 is 2.18 bits per heavy atom. The van der Waals surface area contributed by atoms with Crippen LogP contribution < -0.4 is 5.32 Å². The number of aliphatic hydroxyl groups is 2. The molecule has 2 aromatic rings. The van der Waals surface area contributed by atoms with Gasteiger partial charge in [0.1, 0.15) is 20.6 Å². The molecule has 2 rings (SSSR count). The smallest absolute Gasteiger partial charge is 0.238 e. The van der Waals surface area contributed by atoms with E-state index < -0.39 is 33.6 Å². The van der Waals surface area contributed by atoms with Gasteiger partial charge in [-0.25, -0.2) is 14.0 Å². The van der Waals surface area contributed by atoms with Gasteiger partial charge >= 0.3 is 0 Å². The zero-order valence-electron chi connectivity index (χ0n) is 19.6. The third-order valence-corrected chi connectivity index (χ3v) is 8.57. The van der Waals surface area contributed by atoms with Gasteiger partial charge in [0.05, 0.1) is 33.7 Å². The van der Waals surface area contributed by atoms with Crippen LogP contribution in [0.2, 0.25) is 0 Å². The lowest BCUT2D eigenvalue weighted by Gasteiger charge is -2.21. The van der Waals surface area contributed by atoms with E-state index in [1.54, 1.807) is 12.1 Å². The van der Waals surface area contributed by atoms with Crippen LogP contribution in [0.1, 0.15) is 80.8 Å². The number of rotatable bonds is 8. The molecule has 0 radical (unpaired) electrons. The van der Waals surface area contributed by atoms with E-state index >= 15 is 0 Å². The Hall–Kier alpha value is -1.97. The van der Waals surface area contributed by atoms with Crippen molar-refractivity contribution in [2.24, 2.45) is 0 Å². The number of carbonyl (C=O) groups is 1. The molecule has 1 amide bonds. The normalized spacial score (nSPS) is 13.4. The summed E-state index contributed by atoms with van der Waals surface area (Å²) in [5.74, 6) is -1.19. The van der Waals surface area contributed by atoms with Crippen molar-refractivity contribution in [2.45, 2.75) is 69.8 Å². The van der Waals surface area contributed by atoms with E-state index in [-0.39, 0.29) is 40.2 Å². The van der Waals surface area contributed by atoms with Crippen molar-refractivity contribution in [1.82, 2.24) is 4.98 Å². The molecule has 0 saturated carbocycles. The zero-order valence-corrected chi connectivity index (χ0v) is 22.3. The van der Waals surface area contributed by atoms with Crippen LogP contribution in [0.3, 0.4) is 0 Å². The first-order chi connectivity index (χ1) is 14.7. The number of aromatic nitrogens is 1. The van der Waals surface area contributed by atoms with Crippen LogP contribution in [-0.2, 0) is 26.7 Å². The molecule has 0 spiro atoms. The standard InChI is InChI=1S/C22H30N4O4S2.H2S/c1-12(2)15-7-14(9-23)8-16(13(3)4)19(15)26-18(28)11-32(24,30)20-17(10-27)25-21(31-20)22(5,6)29;/h7-8,12-13,24,27,29H,10-11H2,1-6H3,(H,26,28);1H2/t32-;/m0./s1. The Balaban J connectivity index is 0.00000544. The SMILES string of the molecule is CC(C)c1cc(C#N)cc(C(C)C)c1NC(=O)C[S@](=N)(=O)c1sc(C(C)(C)O)nc1CO.S. The van der Waals surface area contributed by atoms with Gasteiger partial charge in [0.15, 0.2) is 0 Å². The predicted molar refractivity (Wildman–Crippen MR) is 136 cm³/mol. The van der Waals surface area contributed by atoms with Crippen LogP contribution in [0.5, 0.6) is 0 Å². The number of aliphatic hydroxyl groups excluding tert-OH is 1. The maximum atomic E-state index is 13.2. The Bertz CT molecular complexity index is 1130. The zero-order chi connectivity index (χ0) is 24.4. The van der Waals surface area contributed by atoms with Crippen molar-refractivity contribution in [1.29, 1.82) is 10.0 Å². The maximum Gasteiger partial charge on any atom is 0.238 e. The number of nitrogens with one attached hydrogen (secondary N) is 2. The number of nitrogens with zero attached hydrogens (tertiary/aromatic N) is 2. The number of amides is 1. The first kappa shape index (κ1) is 29.1. The van der Waals surface area contributed by atoms with E-state index in [4.69, 9.17) is 4.78 Å². The molecule has 8 nitrogen and oxygen atoms in total. The van der Waals surface area contributed by atoms with E-state index in [9.17, 15) is 24.5 Å². The summed E-state index contributed by atoms with van der Waals surface area (Å²) < 4.78 is 21.5. The van der Waals surface area contributed by atoms with E-state index in [1.165, 1.54) is 13.8 Å². The number of hydrogen-bond donors (Lipinski definition) is 4. The summed E-state index contributed by atoms with van der Waals surface area (Å²) in [7, 11) is -3.62. The van der Waals surface area contributed by atoms with Crippen molar-refractivity contribution in [2.75, 3.05) is 11.1 Å². The average Bonchev–Trinajstić information content (AvgIpc) is 3.13. The number of thiazole rings is 1. The predicted octanol–water partition coefficient (Wildman–Crippen LogP) is 4.14. The first-order valence-electron chi connectivity index (χ1n) is 10.2. The summed E-state index contributed by atoms with van der Waals surface area (Å²) in [4.78, 5) is 17.0. The minimum absolute atomic E-state index is 0. The molecule has 33 heavy (non-hydrogen) atoms. The molecule has 11 heteroatoms. The molecule has 0 aliphatic rings. The highest BCUT2D eigenvalue weighted by atomic mass is 32.2. The molecule has 1 atom stereocenters. The van der Waals surface area contributed by atoms with Crippen molar-refractivity contribution in [3.05, 3.63) is 39.5 Å². The molecular weight excluding hydrogens is 480 g/mol. The van der Waals surface area contributed by atoms with Crippen molar-refractivity contribution in [3.63, 3.8) is 0 Å². The minimum Gasteiger partial charge on any atom is -0.390 e. The van der Waals surface area contributed by atoms with Gasteiger partial charge in [-0.2, -0.15) is 18.8 Å². The third kappa shape index (κ3) is 6.77. The van der Waals surface area contributed by atoms with Gasteiger partial charge in [-0.15, -0.1) is 11.3 Å². The third-order valence-electron chi connectivity index (χ3n) is 4.81. The number of hydrogen-bond acceptors (Lipinski definition) is 8. The van der Waals surface area contributed by atoms with Crippen LogP contribution in [-0.4, -0.2) is 31.1 Å². The van der Waals surface area contributed by atoms with Gasteiger partial charge in [0.25, 0.3) is 0 Å². The number of nitriles is 1. The summed E-state index contributed by atoms with van der Waals surface area (Å²) in [6.45, 7) is 10.3. The molecular formula is C22H32N4O4S3. The first-order valence-corrected chi connectivity index (χ1v) is 12.7. The highest BCUT2D eigenvalue weighted by Crippen LogP contribution is 2.35. The lowest BCUT2D eigenvalue weighted by molar-refractivity contribution is -0.113. The number of anilines is 1. The largest absolute Gasteiger partial charge is 0.390 e. The van der Waals surface area contributed by atoms with Gasteiger partial charge in [-0.05, 0) is 48.9 Å². The molecule has 0 bridgehead atoms. The van der Waals surface area contributed by atoms with Crippen molar-refractivity contribution in [3.8, 4) is 6.07 Å². The lowest BCUT2D eigenvalue weighted by Crippen LogP contribution is -2.24. The molecule has 182 valence electrons. The van der Waals surface area contributed by atoms with E-state index in [0.717, 1.165) is 22.5 Å². The molecule has 1 aromatic heterocycles. The van der Waals surface area contributed by atoms with Crippen LogP contribution >= 0.6 is 24.8 Å². The molecule has 0 unspecified atom stereocenters. The highest BCUT2D eigenvalue weighted by molar-refractivity contribution is 7.95. The average molecular weight is 513 g/mol. The summed E-state index contributed by atoms with van der Waals surface area (Å²) in [6.07, 6.45) is 0. The maximum absolute atomic E-state index is 13.2.